The van der Waals surface area contributed by atoms with Gasteiger partial charge in [0.25, 0.3) is 10.1 Å². The van der Waals surface area contributed by atoms with Gasteiger partial charge < -0.3 is 0 Å². The summed E-state index contributed by atoms with van der Waals surface area (Å²) in [5.41, 5.74) is 3.59. The molecule has 1 N–H and O–H groups in total. The van der Waals surface area contributed by atoms with Gasteiger partial charge in [-0.1, -0.05) is 295 Å². The Hall–Kier alpha value is -1.39. The first-order valence-electron chi connectivity index (χ1n) is 28.0. The third kappa shape index (κ3) is 27.8. The van der Waals surface area contributed by atoms with Crippen LogP contribution in [0.15, 0.2) is 29.2 Å². The van der Waals surface area contributed by atoms with Gasteiger partial charge in [0.2, 0.25) is 0 Å². The lowest BCUT2D eigenvalue weighted by Crippen LogP contribution is -2.12. The minimum absolute atomic E-state index is 0.216. The lowest BCUT2D eigenvalue weighted by atomic mass is 9.86. The predicted molar refractivity (Wildman–Crippen MR) is 276 cm³/mol. The first kappa shape index (κ1) is 56.7. The van der Waals surface area contributed by atoms with Gasteiger partial charge in [0.05, 0.1) is 0 Å². The maximum absolute atomic E-state index is 13.3. The molecule has 0 saturated carbocycles. The molecule has 2 aromatic rings. The molecule has 0 aliphatic heterocycles. The van der Waals surface area contributed by atoms with E-state index in [2.05, 4.69) is 32.9 Å². The molecule has 0 atom stereocenters. The molecule has 0 aromatic heterocycles. The van der Waals surface area contributed by atoms with Crippen molar-refractivity contribution >= 4 is 20.9 Å². The van der Waals surface area contributed by atoms with Crippen LogP contribution in [-0.4, -0.2) is 13.0 Å². The molecule has 0 aliphatic carbocycles. The highest BCUT2D eigenvalue weighted by Gasteiger charge is 2.25. The van der Waals surface area contributed by atoms with Crippen LogP contribution in [0, 0.1) is 0 Å². The van der Waals surface area contributed by atoms with Crippen LogP contribution < -0.4 is 0 Å². The molecule has 4 heteroatoms. The van der Waals surface area contributed by atoms with Crippen LogP contribution in [0.2, 0.25) is 0 Å². The van der Waals surface area contributed by atoms with Gasteiger partial charge in [0, 0.05) is 5.39 Å². The molecular weight excluding hydrogens is 777 g/mol. The smallest absolute Gasteiger partial charge is 0.282 e. The summed E-state index contributed by atoms with van der Waals surface area (Å²) in [4.78, 5) is 0.216. The molecule has 0 radical (unpaired) electrons. The van der Waals surface area contributed by atoms with E-state index < -0.39 is 10.1 Å². The van der Waals surface area contributed by atoms with Crippen molar-refractivity contribution in [3.63, 3.8) is 0 Å². The van der Waals surface area contributed by atoms with Gasteiger partial charge in [-0.05, 0) is 60.6 Å². The standard InChI is InChI=1S/C58H104O3S/c1-4-7-10-13-16-19-22-25-28-31-34-37-40-43-48-53-54(49-44-41-38-35-32-29-26-23-20-17-14-11-8-5-2)56(58(62(59,60)61)57-52-47-46-50-55(53)57)51-45-42-39-36-33-30-27-24-21-18-15-12-9-6-3/h46-47,50,52H,4-45,48-49,51H2,1-3H3,(H,59,60,61). The van der Waals surface area contributed by atoms with E-state index in [9.17, 15) is 13.0 Å². The van der Waals surface area contributed by atoms with Crippen LogP contribution in [0.3, 0.4) is 0 Å². The van der Waals surface area contributed by atoms with Gasteiger partial charge in [0.15, 0.2) is 0 Å². The van der Waals surface area contributed by atoms with E-state index in [0.717, 1.165) is 61.3 Å². The fourth-order valence-corrected chi connectivity index (χ4v) is 11.2. The number of rotatable bonds is 46. The molecule has 0 fully saturated rings. The van der Waals surface area contributed by atoms with Crippen molar-refractivity contribution in [3.05, 3.63) is 41.0 Å². The van der Waals surface area contributed by atoms with Gasteiger partial charge in [0.1, 0.15) is 4.90 Å². The Morgan fingerprint density at radius 2 is 0.532 bits per heavy atom. The van der Waals surface area contributed by atoms with E-state index in [1.807, 2.05) is 12.1 Å². The van der Waals surface area contributed by atoms with Crippen LogP contribution in [0.1, 0.15) is 307 Å². The molecule has 0 spiro atoms. The van der Waals surface area contributed by atoms with Crippen LogP contribution >= 0.6 is 0 Å². The molecule has 2 aromatic carbocycles. The van der Waals surface area contributed by atoms with Crippen molar-refractivity contribution in [1.82, 2.24) is 0 Å². The molecule has 0 saturated heterocycles. The molecular formula is C58H104O3S. The Kier molecular flexibility index (Phi) is 36.5. The minimum atomic E-state index is -4.38. The van der Waals surface area contributed by atoms with E-state index in [0.29, 0.717) is 0 Å². The predicted octanol–water partition coefficient (Wildman–Crippen LogP) is 20.2. The van der Waals surface area contributed by atoms with E-state index in [1.165, 1.54) is 255 Å². The normalized spacial score (nSPS) is 12.0. The Morgan fingerprint density at radius 3 is 0.806 bits per heavy atom. The lowest BCUT2D eigenvalue weighted by molar-refractivity contribution is 0.482. The summed E-state index contributed by atoms with van der Waals surface area (Å²) < 4.78 is 37.5. The number of unbranched alkanes of at least 4 members (excludes halogenated alkanes) is 39. The van der Waals surface area contributed by atoms with Crippen LogP contribution in [-0.2, 0) is 29.4 Å². The zero-order chi connectivity index (χ0) is 44.6. The maximum atomic E-state index is 13.3. The maximum Gasteiger partial charge on any atom is 0.295 e. The van der Waals surface area contributed by atoms with Crippen molar-refractivity contribution < 1.29 is 13.0 Å². The van der Waals surface area contributed by atoms with Gasteiger partial charge >= 0.3 is 0 Å². The summed E-state index contributed by atoms with van der Waals surface area (Å²) >= 11 is 0. The summed E-state index contributed by atoms with van der Waals surface area (Å²) in [7, 11) is -4.38. The van der Waals surface area contributed by atoms with Crippen molar-refractivity contribution in [2.24, 2.45) is 0 Å². The summed E-state index contributed by atoms with van der Waals surface area (Å²) in [5.74, 6) is 0. The average molecular weight is 882 g/mol. The number of hydrogen-bond donors (Lipinski definition) is 1. The van der Waals surface area contributed by atoms with Gasteiger partial charge in [-0.3, -0.25) is 4.55 Å². The summed E-state index contributed by atoms with van der Waals surface area (Å²) in [6.07, 6.45) is 58.7. The molecule has 2 rings (SSSR count). The monoisotopic (exact) mass is 881 g/mol. The third-order valence-electron chi connectivity index (χ3n) is 14.1. The highest BCUT2D eigenvalue weighted by Crippen LogP contribution is 2.37. The molecule has 0 amide bonds. The Morgan fingerprint density at radius 1 is 0.306 bits per heavy atom. The highest BCUT2D eigenvalue weighted by atomic mass is 32.2. The molecule has 62 heavy (non-hydrogen) atoms. The Bertz CT molecular complexity index is 1410. The fourth-order valence-electron chi connectivity index (χ4n) is 10.2. The zero-order valence-corrected chi connectivity index (χ0v) is 42.6. The molecule has 0 aliphatic rings. The van der Waals surface area contributed by atoms with E-state index >= 15 is 0 Å². The van der Waals surface area contributed by atoms with E-state index in [1.54, 1.807) is 0 Å². The first-order chi connectivity index (χ1) is 30.5. The molecule has 0 heterocycles. The second kappa shape index (κ2) is 39.9. The quantitative estimate of drug-likeness (QED) is 0.0532. The van der Waals surface area contributed by atoms with Crippen molar-refractivity contribution in [2.45, 2.75) is 315 Å². The average Bonchev–Trinajstić information content (AvgIpc) is 3.26. The number of benzene rings is 2. The second-order valence-corrected chi connectivity index (χ2v) is 21.2. The van der Waals surface area contributed by atoms with Crippen molar-refractivity contribution in [3.8, 4) is 0 Å². The number of hydrogen-bond acceptors (Lipinski definition) is 2. The number of aryl methyl sites for hydroxylation is 1. The van der Waals surface area contributed by atoms with Gasteiger partial charge in [-0.15, -0.1) is 0 Å². The molecule has 360 valence electrons. The van der Waals surface area contributed by atoms with Gasteiger partial charge in [-0.25, -0.2) is 0 Å². The van der Waals surface area contributed by atoms with Crippen LogP contribution in [0.25, 0.3) is 10.8 Å². The Balaban J connectivity index is 2.00. The van der Waals surface area contributed by atoms with E-state index in [4.69, 9.17) is 0 Å². The Labute approximate surface area is 387 Å². The summed E-state index contributed by atoms with van der Waals surface area (Å²) in [5, 5.41) is 1.79. The molecule has 0 unspecified atom stereocenters. The van der Waals surface area contributed by atoms with Crippen molar-refractivity contribution in [2.75, 3.05) is 0 Å². The first-order valence-corrected chi connectivity index (χ1v) is 29.4. The highest BCUT2D eigenvalue weighted by molar-refractivity contribution is 7.86. The van der Waals surface area contributed by atoms with E-state index in [-0.39, 0.29) is 4.90 Å². The second-order valence-electron chi connectivity index (χ2n) is 19.8. The molecule has 3 nitrogen and oxygen atoms in total. The van der Waals surface area contributed by atoms with Crippen LogP contribution in [0.5, 0.6) is 0 Å². The van der Waals surface area contributed by atoms with Crippen molar-refractivity contribution in [1.29, 1.82) is 0 Å². The number of fused-ring (bicyclic) bond motifs is 1. The lowest BCUT2D eigenvalue weighted by Gasteiger charge is -2.22. The largest absolute Gasteiger partial charge is 0.295 e. The zero-order valence-electron chi connectivity index (χ0n) is 41.8. The summed E-state index contributed by atoms with van der Waals surface area (Å²) in [6.45, 7) is 6.88. The SMILES string of the molecule is CCCCCCCCCCCCCCCCc1c(CCCCCCCCCCCCCCCC)c(S(=O)(=O)O)c2ccccc2c1CCCCCCCCCCCCCCCC. The minimum Gasteiger partial charge on any atom is -0.282 e. The summed E-state index contributed by atoms with van der Waals surface area (Å²) in [6, 6.07) is 8.11. The van der Waals surface area contributed by atoms with Crippen LogP contribution in [0.4, 0.5) is 0 Å². The third-order valence-corrected chi connectivity index (χ3v) is 15.1. The topological polar surface area (TPSA) is 54.4 Å². The molecule has 0 bridgehead atoms. The van der Waals surface area contributed by atoms with Gasteiger partial charge in [-0.2, -0.15) is 8.42 Å². The fraction of sp³-hybridized carbons (Fsp3) is 0.828.